The SMILES string of the molecule is CN1CCn2nc(Nc3cc(-c4ccc(F)c(NC(=O)c5ccc(C(C)(C)CN)cc5)c4)n[nH]c3=O)cc2C1. The average Bonchev–Trinajstić information content (AvgIpc) is 3.32. The summed E-state index contributed by atoms with van der Waals surface area (Å²) in [5.74, 6) is -0.491. The molecule has 3 heterocycles. The van der Waals surface area contributed by atoms with Gasteiger partial charge in [-0.1, -0.05) is 26.0 Å². The lowest BCUT2D eigenvalue weighted by Crippen LogP contribution is -2.30. The monoisotopic (exact) mass is 530 g/mol. The number of amides is 1. The molecule has 11 heteroatoms. The second-order valence-corrected chi connectivity index (χ2v) is 10.4. The molecule has 10 nitrogen and oxygen atoms in total. The normalized spacial score (nSPS) is 13.7. The number of nitrogens with zero attached hydrogens (tertiary/aromatic N) is 4. The fourth-order valence-electron chi connectivity index (χ4n) is 4.41. The lowest BCUT2D eigenvalue weighted by atomic mass is 9.84. The molecule has 0 unspecified atom stereocenters. The number of carbonyl (C=O) groups excluding carboxylic acids is 1. The molecule has 2 aromatic heterocycles. The quantitative estimate of drug-likeness (QED) is 0.288. The van der Waals surface area contributed by atoms with Crippen LogP contribution in [0.5, 0.6) is 0 Å². The number of carbonyl (C=O) groups is 1. The maximum Gasteiger partial charge on any atom is 0.287 e. The number of anilines is 3. The number of hydrogen-bond acceptors (Lipinski definition) is 7. The number of rotatable bonds is 7. The van der Waals surface area contributed by atoms with E-state index in [0.717, 1.165) is 30.9 Å². The van der Waals surface area contributed by atoms with Gasteiger partial charge in [-0.3, -0.25) is 19.2 Å². The molecule has 2 aromatic carbocycles. The van der Waals surface area contributed by atoms with Crippen LogP contribution in [0.25, 0.3) is 11.3 Å². The average molecular weight is 531 g/mol. The first-order valence-electron chi connectivity index (χ1n) is 12.7. The van der Waals surface area contributed by atoms with Crippen LogP contribution in [0.15, 0.2) is 59.4 Å². The number of hydrogen-bond donors (Lipinski definition) is 4. The number of aromatic nitrogens is 4. The molecule has 0 radical (unpaired) electrons. The molecule has 0 fully saturated rings. The molecule has 0 spiro atoms. The van der Waals surface area contributed by atoms with Crippen molar-refractivity contribution in [1.29, 1.82) is 0 Å². The highest BCUT2D eigenvalue weighted by Gasteiger charge is 2.20. The van der Waals surface area contributed by atoms with Crippen LogP contribution in [0, 0.1) is 5.82 Å². The van der Waals surface area contributed by atoms with Crippen molar-refractivity contribution in [3.63, 3.8) is 0 Å². The zero-order valence-electron chi connectivity index (χ0n) is 22.1. The molecule has 0 atom stereocenters. The predicted octanol–water partition coefficient (Wildman–Crippen LogP) is 3.45. The largest absolute Gasteiger partial charge is 0.334 e. The molecule has 1 amide bonds. The third-order valence-corrected chi connectivity index (χ3v) is 7.00. The van der Waals surface area contributed by atoms with Gasteiger partial charge in [0.25, 0.3) is 11.5 Å². The molecular formula is C28H31FN8O2. The van der Waals surface area contributed by atoms with Crippen molar-refractivity contribution in [2.45, 2.75) is 32.4 Å². The van der Waals surface area contributed by atoms with E-state index in [-0.39, 0.29) is 16.8 Å². The number of benzene rings is 2. The Labute approximate surface area is 225 Å². The highest BCUT2D eigenvalue weighted by molar-refractivity contribution is 6.04. The van der Waals surface area contributed by atoms with Crippen molar-refractivity contribution in [2.24, 2.45) is 5.73 Å². The molecule has 1 aliphatic heterocycles. The van der Waals surface area contributed by atoms with E-state index in [4.69, 9.17) is 5.73 Å². The van der Waals surface area contributed by atoms with E-state index in [2.05, 4.69) is 30.8 Å². The van der Waals surface area contributed by atoms with E-state index < -0.39 is 17.3 Å². The van der Waals surface area contributed by atoms with Crippen molar-refractivity contribution in [3.05, 3.63) is 87.6 Å². The van der Waals surface area contributed by atoms with Crippen LogP contribution in [0.2, 0.25) is 0 Å². The van der Waals surface area contributed by atoms with Crippen LogP contribution in [0.3, 0.4) is 0 Å². The first-order valence-corrected chi connectivity index (χ1v) is 12.7. The summed E-state index contributed by atoms with van der Waals surface area (Å²) in [5.41, 5.74) is 8.80. The van der Waals surface area contributed by atoms with Crippen LogP contribution >= 0.6 is 0 Å². The molecule has 0 bridgehead atoms. The molecule has 202 valence electrons. The smallest absolute Gasteiger partial charge is 0.287 e. The highest BCUT2D eigenvalue weighted by atomic mass is 19.1. The molecule has 0 saturated heterocycles. The molecule has 5 N–H and O–H groups in total. The van der Waals surface area contributed by atoms with Gasteiger partial charge >= 0.3 is 0 Å². The summed E-state index contributed by atoms with van der Waals surface area (Å²) in [5, 5.41) is 16.8. The lowest BCUT2D eigenvalue weighted by molar-refractivity contribution is 0.102. The topological polar surface area (TPSA) is 134 Å². The van der Waals surface area contributed by atoms with Gasteiger partial charge in [0.1, 0.15) is 11.5 Å². The Kier molecular flexibility index (Phi) is 7.02. The first-order chi connectivity index (χ1) is 18.6. The van der Waals surface area contributed by atoms with Crippen LogP contribution in [0.4, 0.5) is 21.6 Å². The van der Waals surface area contributed by atoms with E-state index in [9.17, 15) is 14.0 Å². The number of nitrogens with two attached hydrogens (primary N) is 1. The van der Waals surface area contributed by atoms with Crippen molar-refractivity contribution in [1.82, 2.24) is 24.9 Å². The van der Waals surface area contributed by atoms with Gasteiger partial charge in [0.15, 0.2) is 5.82 Å². The van der Waals surface area contributed by atoms with E-state index in [1.165, 1.54) is 18.2 Å². The lowest BCUT2D eigenvalue weighted by Gasteiger charge is -2.23. The summed E-state index contributed by atoms with van der Waals surface area (Å²) in [6, 6.07) is 14.8. The fourth-order valence-corrected chi connectivity index (χ4v) is 4.41. The van der Waals surface area contributed by atoms with E-state index >= 15 is 0 Å². The maximum absolute atomic E-state index is 14.7. The van der Waals surface area contributed by atoms with Crippen molar-refractivity contribution in [2.75, 3.05) is 30.8 Å². The summed E-state index contributed by atoms with van der Waals surface area (Å²) in [6.45, 7) is 6.95. The second kappa shape index (κ2) is 10.4. The van der Waals surface area contributed by atoms with E-state index in [1.807, 2.05) is 43.8 Å². The van der Waals surface area contributed by atoms with Gasteiger partial charge in [-0.2, -0.15) is 10.2 Å². The van der Waals surface area contributed by atoms with Crippen molar-refractivity contribution < 1.29 is 9.18 Å². The van der Waals surface area contributed by atoms with E-state index in [0.29, 0.717) is 29.2 Å². The Morgan fingerprint density at radius 2 is 1.87 bits per heavy atom. The highest BCUT2D eigenvalue weighted by Crippen LogP contribution is 2.27. The second-order valence-electron chi connectivity index (χ2n) is 10.4. The first kappa shape index (κ1) is 26.3. The number of halogens is 1. The molecule has 5 rings (SSSR count). The summed E-state index contributed by atoms with van der Waals surface area (Å²) < 4.78 is 16.6. The Bertz CT molecular complexity index is 1580. The number of nitrogens with one attached hydrogen (secondary N) is 3. The maximum atomic E-state index is 14.7. The Balaban J connectivity index is 1.36. The molecule has 0 saturated carbocycles. The van der Waals surface area contributed by atoms with Crippen LogP contribution in [-0.4, -0.2) is 50.9 Å². The van der Waals surface area contributed by atoms with Gasteiger partial charge in [0, 0.05) is 42.2 Å². The predicted molar refractivity (Wildman–Crippen MR) is 149 cm³/mol. The summed E-state index contributed by atoms with van der Waals surface area (Å²) in [4.78, 5) is 27.5. The zero-order valence-corrected chi connectivity index (χ0v) is 22.1. The standard InChI is InChI=1S/C28H31FN8O2/c1-28(2,16-30)19-7-4-17(5-8-19)26(38)32-23-12-18(6-9-21(23)29)22-14-24(27(39)34-33-22)31-25-13-20-15-36(3)10-11-37(20)35-25/h4-9,12-14H,10-11,15-16,30H2,1-3H3,(H,32,38)(H,34,39)(H,31,33,35). The van der Waals surface area contributed by atoms with Gasteiger partial charge in [-0.25, -0.2) is 9.49 Å². The molecule has 4 aromatic rings. The Morgan fingerprint density at radius 3 is 2.62 bits per heavy atom. The molecule has 1 aliphatic rings. The Morgan fingerprint density at radius 1 is 1.10 bits per heavy atom. The molecular weight excluding hydrogens is 499 g/mol. The molecule has 39 heavy (non-hydrogen) atoms. The van der Waals surface area contributed by atoms with Gasteiger partial charge in [-0.05, 0) is 49.0 Å². The fraction of sp³-hybridized carbons (Fsp3) is 0.286. The minimum absolute atomic E-state index is 0.00253. The number of H-pyrrole nitrogens is 1. The minimum Gasteiger partial charge on any atom is -0.334 e. The third kappa shape index (κ3) is 5.59. The minimum atomic E-state index is -0.593. The van der Waals surface area contributed by atoms with E-state index in [1.54, 1.807) is 18.2 Å². The van der Waals surface area contributed by atoms with Gasteiger partial charge in [-0.15, -0.1) is 0 Å². The van der Waals surface area contributed by atoms with Gasteiger partial charge < -0.3 is 16.4 Å². The molecule has 0 aliphatic carbocycles. The summed E-state index contributed by atoms with van der Waals surface area (Å²) in [6.07, 6.45) is 0. The zero-order chi connectivity index (χ0) is 27.7. The van der Waals surface area contributed by atoms with Crippen molar-refractivity contribution >= 4 is 23.1 Å². The number of aromatic amines is 1. The Hall–Kier alpha value is -4.35. The van der Waals surface area contributed by atoms with Crippen LogP contribution < -0.4 is 21.9 Å². The number of fused-ring (bicyclic) bond motifs is 1. The number of likely N-dealkylation sites (N-methyl/N-ethyl adjacent to an activating group) is 1. The van der Waals surface area contributed by atoms with Gasteiger partial charge in [0.2, 0.25) is 0 Å². The van der Waals surface area contributed by atoms with Crippen LogP contribution in [0.1, 0.15) is 35.5 Å². The van der Waals surface area contributed by atoms with Gasteiger partial charge in [0.05, 0.1) is 23.6 Å². The van der Waals surface area contributed by atoms with Crippen LogP contribution in [-0.2, 0) is 18.5 Å². The van der Waals surface area contributed by atoms with Crippen molar-refractivity contribution in [3.8, 4) is 11.3 Å². The third-order valence-electron chi connectivity index (χ3n) is 7.00. The summed E-state index contributed by atoms with van der Waals surface area (Å²) >= 11 is 0. The summed E-state index contributed by atoms with van der Waals surface area (Å²) in [7, 11) is 2.04.